The quantitative estimate of drug-likeness (QED) is 0.390. The molecule has 0 aliphatic carbocycles. The van der Waals surface area contributed by atoms with Gasteiger partial charge < -0.3 is 4.74 Å². The molecule has 1 fully saturated rings. The van der Waals surface area contributed by atoms with Crippen LogP contribution in [0.15, 0.2) is 47.6 Å². The fraction of sp³-hybridized carbons (Fsp3) is 0.278. The molecule has 3 rings (SSSR count). The highest BCUT2D eigenvalue weighted by molar-refractivity contribution is 8.18. The Morgan fingerprint density at radius 3 is 2.57 bits per heavy atom. The number of rotatable bonds is 4. The van der Waals surface area contributed by atoms with E-state index in [-0.39, 0.29) is 0 Å². The molecule has 1 heterocycles. The van der Waals surface area contributed by atoms with Gasteiger partial charge in [0.15, 0.2) is 0 Å². The predicted octanol–water partition coefficient (Wildman–Crippen LogP) is 4.70. The smallest absolute Gasteiger partial charge is 0.409 e. The minimum Gasteiger partial charge on any atom is -0.409 e. The van der Waals surface area contributed by atoms with Gasteiger partial charge in [-0.3, -0.25) is 4.84 Å². The lowest BCUT2D eigenvalue weighted by Crippen LogP contribution is -2.30. The summed E-state index contributed by atoms with van der Waals surface area (Å²) < 4.78 is 7.86. The van der Waals surface area contributed by atoms with Crippen molar-refractivity contribution in [3.63, 3.8) is 0 Å². The van der Waals surface area contributed by atoms with E-state index in [1.165, 1.54) is 22.7 Å². The molecule has 0 N–H and O–H groups in total. The molecule has 0 unspecified atom stereocenters. The average Bonchev–Trinajstić information content (AvgIpc) is 2.72. The van der Waals surface area contributed by atoms with Crippen LogP contribution in [0.1, 0.15) is 0 Å². The third-order valence-corrected chi connectivity index (χ3v) is 6.81. The monoisotopic (exact) mass is 437 g/mol. The Bertz CT molecular complexity index is 880. The number of ether oxygens (including phenoxy) is 1. The standard InChI is InChI=1S/C18H19N3O4S3/c1-20(28-21(2)18(23)25-19-16-12-26-10-11-27-16)17(22)24-15-9-5-7-13-6-3-4-8-14(13)15/h3-9H,10-12H2,1-2H3/b19-16-. The van der Waals surface area contributed by atoms with Crippen LogP contribution in [0.4, 0.5) is 9.59 Å². The third kappa shape index (κ3) is 5.49. The Kier molecular flexibility index (Phi) is 7.35. The molecule has 1 aliphatic heterocycles. The fourth-order valence-corrected chi connectivity index (χ4v) is 4.97. The van der Waals surface area contributed by atoms with E-state index in [1.807, 2.05) is 36.4 Å². The maximum Gasteiger partial charge on any atom is 0.447 e. The van der Waals surface area contributed by atoms with Crippen molar-refractivity contribution in [3.05, 3.63) is 42.5 Å². The molecule has 0 aromatic heterocycles. The van der Waals surface area contributed by atoms with Crippen LogP contribution < -0.4 is 4.74 Å². The number of hydrogen-bond donors (Lipinski definition) is 0. The first-order valence-electron chi connectivity index (χ1n) is 8.38. The van der Waals surface area contributed by atoms with Crippen molar-refractivity contribution >= 4 is 63.7 Å². The summed E-state index contributed by atoms with van der Waals surface area (Å²) in [5.41, 5.74) is 0. The predicted molar refractivity (Wildman–Crippen MR) is 117 cm³/mol. The van der Waals surface area contributed by atoms with Crippen LogP contribution in [0.3, 0.4) is 0 Å². The Labute approximate surface area is 176 Å². The Balaban J connectivity index is 1.55. The van der Waals surface area contributed by atoms with E-state index in [0.717, 1.165) is 45.2 Å². The summed E-state index contributed by atoms with van der Waals surface area (Å²) in [7, 11) is 3.01. The number of amides is 2. The summed E-state index contributed by atoms with van der Waals surface area (Å²) in [6.45, 7) is 0. The Morgan fingerprint density at radius 1 is 1.04 bits per heavy atom. The maximum absolute atomic E-state index is 12.4. The maximum atomic E-state index is 12.4. The molecule has 10 heteroatoms. The van der Waals surface area contributed by atoms with E-state index in [9.17, 15) is 9.59 Å². The van der Waals surface area contributed by atoms with E-state index in [2.05, 4.69) is 5.16 Å². The first kappa shape index (κ1) is 20.7. The number of fused-ring (bicyclic) bond motifs is 1. The van der Waals surface area contributed by atoms with Gasteiger partial charge in [0.25, 0.3) is 0 Å². The highest BCUT2D eigenvalue weighted by Crippen LogP contribution is 2.26. The van der Waals surface area contributed by atoms with Gasteiger partial charge >= 0.3 is 12.2 Å². The van der Waals surface area contributed by atoms with Crippen LogP contribution in [0.5, 0.6) is 5.75 Å². The highest BCUT2D eigenvalue weighted by Gasteiger charge is 2.20. The van der Waals surface area contributed by atoms with Gasteiger partial charge in [-0.1, -0.05) is 41.6 Å². The van der Waals surface area contributed by atoms with Crippen LogP contribution in [0.2, 0.25) is 0 Å². The second-order valence-corrected chi connectivity index (χ2v) is 9.20. The minimum atomic E-state index is -0.668. The zero-order valence-electron chi connectivity index (χ0n) is 15.4. The molecule has 2 aromatic rings. The summed E-state index contributed by atoms with van der Waals surface area (Å²) in [5.74, 6) is 3.22. The Morgan fingerprint density at radius 2 is 1.79 bits per heavy atom. The lowest BCUT2D eigenvalue weighted by Gasteiger charge is -2.21. The Hall–Kier alpha value is -2.04. The van der Waals surface area contributed by atoms with Gasteiger partial charge in [-0.15, -0.1) is 11.8 Å². The van der Waals surface area contributed by atoms with Crippen molar-refractivity contribution in [2.75, 3.05) is 31.4 Å². The number of hydrogen-bond acceptors (Lipinski definition) is 8. The molecule has 2 aromatic carbocycles. The van der Waals surface area contributed by atoms with E-state index >= 15 is 0 Å². The molecule has 1 aliphatic rings. The lowest BCUT2D eigenvalue weighted by molar-refractivity contribution is 0.136. The summed E-state index contributed by atoms with van der Waals surface area (Å²) in [4.78, 5) is 29.4. The van der Waals surface area contributed by atoms with Crippen molar-refractivity contribution in [1.29, 1.82) is 0 Å². The van der Waals surface area contributed by atoms with Crippen LogP contribution >= 0.6 is 35.7 Å². The highest BCUT2D eigenvalue weighted by atomic mass is 32.2. The zero-order valence-corrected chi connectivity index (χ0v) is 17.8. The van der Waals surface area contributed by atoms with E-state index in [1.54, 1.807) is 29.6 Å². The van der Waals surface area contributed by atoms with E-state index in [0.29, 0.717) is 5.75 Å². The topological polar surface area (TPSA) is 71.4 Å². The molecule has 0 spiro atoms. The minimum absolute atomic E-state index is 0.457. The lowest BCUT2D eigenvalue weighted by atomic mass is 10.1. The van der Waals surface area contributed by atoms with Gasteiger partial charge in [0.1, 0.15) is 10.8 Å². The number of nitrogens with zero attached hydrogens (tertiary/aromatic N) is 3. The zero-order chi connectivity index (χ0) is 19.9. The first-order chi connectivity index (χ1) is 13.5. The molecule has 0 saturated carbocycles. The van der Waals surface area contributed by atoms with Crippen LogP contribution in [0.25, 0.3) is 10.8 Å². The molecule has 2 amide bonds. The number of thioether (sulfide) groups is 2. The van der Waals surface area contributed by atoms with Crippen molar-refractivity contribution in [2.45, 2.75) is 0 Å². The fourth-order valence-electron chi connectivity index (χ4n) is 2.31. The van der Waals surface area contributed by atoms with Gasteiger partial charge in [-0.2, -0.15) is 11.8 Å². The van der Waals surface area contributed by atoms with Crippen molar-refractivity contribution in [2.24, 2.45) is 5.16 Å². The molecule has 7 nitrogen and oxygen atoms in total. The molecule has 1 saturated heterocycles. The molecule has 28 heavy (non-hydrogen) atoms. The van der Waals surface area contributed by atoms with Crippen molar-refractivity contribution < 1.29 is 19.2 Å². The first-order valence-corrected chi connectivity index (χ1v) is 11.2. The normalized spacial score (nSPS) is 15.3. The second kappa shape index (κ2) is 9.94. The summed E-state index contributed by atoms with van der Waals surface area (Å²) in [6, 6.07) is 13.1. The number of carbonyl (C=O) groups excluding carboxylic acids is 2. The molecule has 0 bridgehead atoms. The molecular weight excluding hydrogens is 418 g/mol. The second-order valence-electron chi connectivity index (χ2n) is 5.67. The van der Waals surface area contributed by atoms with Gasteiger partial charge in [0.05, 0.1) is 12.1 Å². The number of carbonyl (C=O) groups is 2. The average molecular weight is 438 g/mol. The molecule has 0 radical (unpaired) electrons. The van der Waals surface area contributed by atoms with Crippen LogP contribution in [-0.4, -0.2) is 57.2 Å². The van der Waals surface area contributed by atoms with E-state index < -0.39 is 12.2 Å². The molecular formula is C18H19N3O4S3. The van der Waals surface area contributed by atoms with Gasteiger partial charge in [0.2, 0.25) is 0 Å². The van der Waals surface area contributed by atoms with Crippen LogP contribution in [0, 0.1) is 0 Å². The number of oxime groups is 1. The number of benzene rings is 2. The van der Waals surface area contributed by atoms with Gasteiger partial charge in [0, 0.05) is 36.7 Å². The van der Waals surface area contributed by atoms with Crippen LogP contribution in [-0.2, 0) is 4.84 Å². The molecule has 148 valence electrons. The summed E-state index contributed by atoms with van der Waals surface area (Å²) in [6.07, 6.45) is -1.27. The van der Waals surface area contributed by atoms with Crippen molar-refractivity contribution in [3.8, 4) is 5.75 Å². The summed E-state index contributed by atoms with van der Waals surface area (Å²) >= 11 is 4.19. The SMILES string of the molecule is CN(SN(C)C(=O)Oc1cccc2ccccc12)C(=O)O/N=C1/CSCCS1. The summed E-state index contributed by atoms with van der Waals surface area (Å²) in [5, 5.41) is 6.47. The van der Waals surface area contributed by atoms with E-state index in [4.69, 9.17) is 9.57 Å². The van der Waals surface area contributed by atoms with Gasteiger partial charge in [-0.25, -0.2) is 18.2 Å². The van der Waals surface area contributed by atoms with Gasteiger partial charge in [-0.05, 0) is 11.5 Å². The molecule has 0 atom stereocenters. The largest absolute Gasteiger partial charge is 0.447 e. The third-order valence-electron chi connectivity index (χ3n) is 3.65. The van der Waals surface area contributed by atoms with Crippen molar-refractivity contribution in [1.82, 2.24) is 8.61 Å².